The zero-order valence-corrected chi connectivity index (χ0v) is 13.9. The fraction of sp³-hybridized carbons (Fsp3) is 0.562. The third-order valence-corrected chi connectivity index (χ3v) is 3.99. The molecule has 3 rings (SSSR count). The van der Waals surface area contributed by atoms with Crippen LogP contribution in [0.2, 0.25) is 0 Å². The topological polar surface area (TPSA) is 71.3 Å². The highest BCUT2D eigenvalue weighted by Gasteiger charge is 2.28. The van der Waals surface area contributed by atoms with E-state index in [2.05, 4.69) is 22.3 Å². The maximum absolute atomic E-state index is 6.24. The zero-order valence-electron chi connectivity index (χ0n) is 13.9. The first kappa shape index (κ1) is 15.9. The summed E-state index contributed by atoms with van der Waals surface area (Å²) in [6.45, 7) is 6.77. The quantitative estimate of drug-likeness (QED) is 0.788. The van der Waals surface area contributed by atoms with Gasteiger partial charge in [0.25, 0.3) is 0 Å². The molecule has 23 heavy (non-hydrogen) atoms. The standard InChI is InChI=1S/C16H22N4O3/c1-5-13(14-6-7-21-23-14)22-15-10(2)8-12(9-11(15)3)16-17-19-20(4)18-16/h8-9,13-14H,5-7H2,1-4H3. The Morgan fingerprint density at radius 3 is 2.61 bits per heavy atom. The average molecular weight is 318 g/mol. The van der Waals surface area contributed by atoms with Gasteiger partial charge in [0.2, 0.25) is 5.82 Å². The van der Waals surface area contributed by atoms with Gasteiger partial charge in [0.05, 0.1) is 13.7 Å². The summed E-state index contributed by atoms with van der Waals surface area (Å²) < 4.78 is 6.24. The van der Waals surface area contributed by atoms with E-state index in [9.17, 15) is 0 Å². The Morgan fingerprint density at radius 1 is 1.35 bits per heavy atom. The van der Waals surface area contributed by atoms with E-state index in [-0.39, 0.29) is 12.2 Å². The number of hydrogen-bond donors (Lipinski definition) is 0. The molecule has 124 valence electrons. The molecule has 1 aromatic carbocycles. The van der Waals surface area contributed by atoms with Gasteiger partial charge in [-0.3, -0.25) is 0 Å². The van der Waals surface area contributed by atoms with Gasteiger partial charge in [0, 0.05) is 12.0 Å². The molecule has 0 aliphatic carbocycles. The maximum atomic E-state index is 6.24. The van der Waals surface area contributed by atoms with Crippen molar-refractivity contribution in [2.45, 2.75) is 45.8 Å². The number of aromatic nitrogens is 4. The van der Waals surface area contributed by atoms with Crippen LogP contribution in [0.4, 0.5) is 0 Å². The molecule has 7 heteroatoms. The van der Waals surface area contributed by atoms with Crippen LogP contribution < -0.4 is 4.74 Å². The fourth-order valence-corrected chi connectivity index (χ4v) is 2.83. The van der Waals surface area contributed by atoms with E-state index in [4.69, 9.17) is 14.5 Å². The molecule has 2 atom stereocenters. The van der Waals surface area contributed by atoms with E-state index in [1.807, 2.05) is 26.0 Å². The molecule has 0 spiro atoms. The second kappa shape index (κ2) is 6.64. The summed E-state index contributed by atoms with van der Waals surface area (Å²) >= 11 is 0. The van der Waals surface area contributed by atoms with Crippen molar-refractivity contribution in [2.75, 3.05) is 6.61 Å². The molecular weight excluding hydrogens is 296 g/mol. The molecule has 0 saturated carbocycles. The number of benzene rings is 1. The lowest BCUT2D eigenvalue weighted by Gasteiger charge is -2.24. The molecule has 1 fully saturated rings. The molecule has 0 N–H and O–H groups in total. The van der Waals surface area contributed by atoms with Crippen molar-refractivity contribution >= 4 is 0 Å². The van der Waals surface area contributed by atoms with E-state index in [0.717, 1.165) is 35.3 Å². The first-order chi connectivity index (χ1) is 11.1. The van der Waals surface area contributed by atoms with Gasteiger partial charge in [0.1, 0.15) is 18.0 Å². The normalized spacial score (nSPS) is 19.0. The maximum Gasteiger partial charge on any atom is 0.204 e. The van der Waals surface area contributed by atoms with Crippen LogP contribution in [0.15, 0.2) is 12.1 Å². The summed E-state index contributed by atoms with van der Waals surface area (Å²) in [6.07, 6.45) is 1.69. The smallest absolute Gasteiger partial charge is 0.204 e. The van der Waals surface area contributed by atoms with Gasteiger partial charge >= 0.3 is 0 Å². The van der Waals surface area contributed by atoms with Crippen LogP contribution in [-0.2, 0) is 16.8 Å². The molecule has 7 nitrogen and oxygen atoms in total. The highest BCUT2D eigenvalue weighted by molar-refractivity contribution is 5.60. The highest BCUT2D eigenvalue weighted by Crippen LogP contribution is 2.31. The average Bonchev–Trinajstić information content (AvgIpc) is 3.18. The largest absolute Gasteiger partial charge is 0.487 e. The summed E-state index contributed by atoms with van der Waals surface area (Å²) in [5.74, 6) is 1.50. The van der Waals surface area contributed by atoms with Gasteiger partial charge in [0.15, 0.2) is 0 Å². The van der Waals surface area contributed by atoms with E-state index < -0.39 is 0 Å². The van der Waals surface area contributed by atoms with Crippen molar-refractivity contribution in [1.82, 2.24) is 20.2 Å². The predicted octanol–water partition coefficient (Wildman–Crippen LogP) is 2.37. The molecule has 1 aliphatic rings. The number of tetrazole rings is 1. The molecular formula is C16H22N4O3. The van der Waals surface area contributed by atoms with Gasteiger partial charge in [-0.25, -0.2) is 9.78 Å². The third kappa shape index (κ3) is 3.35. The van der Waals surface area contributed by atoms with Crippen molar-refractivity contribution < 1.29 is 14.5 Å². The van der Waals surface area contributed by atoms with Crippen LogP contribution in [0, 0.1) is 13.8 Å². The summed E-state index contributed by atoms with van der Waals surface area (Å²) in [6, 6.07) is 4.05. The number of aryl methyl sites for hydroxylation is 3. The molecule has 2 unspecified atom stereocenters. The minimum Gasteiger partial charge on any atom is -0.487 e. The highest BCUT2D eigenvalue weighted by atomic mass is 17.2. The Kier molecular flexibility index (Phi) is 4.58. The van der Waals surface area contributed by atoms with E-state index in [0.29, 0.717) is 12.4 Å². The third-order valence-electron chi connectivity index (χ3n) is 3.99. The number of rotatable bonds is 5. The second-order valence-corrected chi connectivity index (χ2v) is 5.85. The fourth-order valence-electron chi connectivity index (χ4n) is 2.83. The second-order valence-electron chi connectivity index (χ2n) is 5.85. The summed E-state index contributed by atoms with van der Waals surface area (Å²) in [5.41, 5.74) is 3.03. The van der Waals surface area contributed by atoms with Crippen LogP contribution in [0.1, 0.15) is 30.9 Å². The number of nitrogens with zero attached hydrogens (tertiary/aromatic N) is 4. The minimum absolute atomic E-state index is 0.0138. The van der Waals surface area contributed by atoms with Crippen LogP contribution in [0.3, 0.4) is 0 Å². The Labute approximate surface area is 135 Å². The van der Waals surface area contributed by atoms with Gasteiger partial charge in [-0.15, -0.1) is 10.2 Å². The lowest BCUT2D eigenvalue weighted by molar-refractivity contribution is -0.286. The van der Waals surface area contributed by atoms with Crippen molar-refractivity contribution in [3.8, 4) is 17.1 Å². The molecule has 0 radical (unpaired) electrons. The van der Waals surface area contributed by atoms with Crippen molar-refractivity contribution in [3.63, 3.8) is 0 Å². The molecule has 2 aromatic rings. The molecule has 1 saturated heterocycles. The summed E-state index contributed by atoms with van der Waals surface area (Å²) in [5, 5.41) is 12.2. The Bertz CT molecular complexity index is 657. The van der Waals surface area contributed by atoms with Crippen molar-refractivity contribution in [2.24, 2.45) is 7.05 Å². The Hall–Kier alpha value is -1.99. The van der Waals surface area contributed by atoms with Crippen LogP contribution >= 0.6 is 0 Å². The van der Waals surface area contributed by atoms with E-state index in [1.165, 1.54) is 4.80 Å². The van der Waals surface area contributed by atoms with Crippen molar-refractivity contribution in [1.29, 1.82) is 0 Å². The predicted molar refractivity (Wildman–Crippen MR) is 83.9 cm³/mol. The summed E-state index contributed by atoms with van der Waals surface area (Å²) in [4.78, 5) is 11.8. The minimum atomic E-state index is -0.0182. The van der Waals surface area contributed by atoms with Crippen LogP contribution in [0.25, 0.3) is 11.4 Å². The molecule has 2 heterocycles. The molecule has 0 amide bonds. The zero-order chi connectivity index (χ0) is 16.4. The van der Waals surface area contributed by atoms with E-state index >= 15 is 0 Å². The van der Waals surface area contributed by atoms with Gasteiger partial charge in [-0.1, -0.05) is 6.92 Å². The van der Waals surface area contributed by atoms with E-state index in [1.54, 1.807) is 7.05 Å². The van der Waals surface area contributed by atoms with Gasteiger partial charge in [-0.2, -0.15) is 4.80 Å². The van der Waals surface area contributed by atoms with Gasteiger partial charge in [-0.05, 0) is 48.7 Å². The Morgan fingerprint density at radius 2 is 2.09 bits per heavy atom. The monoisotopic (exact) mass is 318 g/mol. The molecule has 1 aliphatic heterocycles. The lowest BCUT2D eigenvalue weighted by Crippen LogP contribution is -2.31. The first-order valence-electron chi connectivity index (χ1n) is 7.89. The number of hydrogen-bond acceptors (Lipinski definition) is 6. The molecule has 0 bridgehead atoms. The molecule has 1 aromatic heterocycles. The van der Waals surface area contributed by atoms with Crippen LogP contribution in [-0.4, -0.2) is 39.0 Å². The van der Waals surface area contributed by atoms with Crippen LogP contribution in [0.5, 0.6) is 5.75 Å². The lowest BCUT2D eigenvalue weighted by atomic mass is 10.0. The first-order valence-corrected chi connectivity index (χ1v) is 7.89. The summed E-state index contributed by atoms with van der Waals surface area (Å²) in [7, 11) is 1.75. The SMILES string of the molecule is CCC(Oc1c(C)cc(-c2nnn(C)n2)cc1C)C1CCOO1. The number of ether oxygens (including phenoxy) is 1. The Balaban J connectivity index is 1.85. The van der Waals surface area contributed by atoms with Crippen molar-refractivity contribution in [3.05, 3.63) is 23.3 Å². The van der Waals surface area contributed by atoms with Gasteiger partial charge < -0.3 is 4.74 Å².